The van der Waals surface area contributed by atoms with Gasteiger partial charge in [0, 0.05) is 17.8 Å². The summed E-state index contributed by atoms with van der Waals surface area (Å²) in [5.74, 6) is 1.43. The molecule has 0 aliphatic carbocycles. The summed E-state index contributed by atoms with van der Waals surface area (Å²) in [6.07, 6.45) is 3.99. The number of carbonyl (C=O) groups excluding carboxylic acids is 1. The Labute approximate surface area is 119 Å². The topological polar surface area (TPSA) is 41.1 Å². The van der Waals surface area contributed by atoms with E-state index in [0.717, 1.165) is 32.5 Å². The average Bonchev–Trinajstić information content (AvgIpc) is 3.06. The molecule has 0 bridgehead atoms. The summed E-state index contributed by atoms with van der Waals surface area (Å²) in [4.78, 5) is 13.2. The lowest BCUT2D eigenvalue weighted by atomic mass is 10.0. The molecule has 3 nitrogen and oxygen atoms in total. The van der Waals surface area contributed by atoms with Gasteiger partial charge >= 0.3 is 0 Å². The van der Waals surface area contributed by atoms with E-state index in [4.69, 9.17) is 0 Å². The fourth-order valence-electron chi connectivity index (χ4n) is 2.52. The Balaban J connectivity index is 1.57. The molecule has 2 unspecified atom stereocenters. The van der Waals surface area contributed by atoms with Crippen molar-refractivity contribution in [1.29, 1.82) is 0 Å². The van der Waals surface area contributed by atoms with Crippen LogP contribution in [0.25, 0.3) is 0 Å². The van der Waals surface area contributed by atoms with E-state index in [2.05, 4.69) is 35.1 Å². The average molecular weight is 280 g/mol. The minimum absolute atomic E-state index is 0.213. The van der Waals surface area contributed by atoms with Gasteiger partial charge < -0.3 is 10.6 Å². The van der Waals surface area contributed by atoms with E-state index in [9.17, 15) is 4.79 Å². The Hall–Kier alpha value is -0.870. The largest absolute Gasteiger partial charge is 0.356 e. The lowest BCUT2D eigenvalue weighted by Crippen LogP contribution is -2.29. The zero-order valence-corrected chi connectivity index (χ0v) is 12.5. The van der Waals surface area contributed by atoms with E-state index >= 15 is 0 Å². The van der Waals surface area contributed by atoms with Crippen LogP contribution in [0.3, 0.4) is 0 Å². The number of nitrogens with one attached hydrogen (secondary N) is 2. The molecule has 1 amide bonds. The van der Waals surface area contributed by atoms with Crippen LogP contribution in [0.4, 0.5) is 0 Å². The molecule has 2 rings (SSSR count). The van der Waals surface area contributed by atoms with Gasteiger partial charge in [-0.3, -0.25) is 4.79 Å². The van der Waals surface area contributed by atoms with Crippen molar-refractivity contribution in [3.05, 3.63) is 22.4 Å². The summed E-state index contributed by atoms with van der Waals surface area (Å²) in [5, 5.41) is 8.51. The van der Waals surface area contributed by atoms with Gasteiger partial charge in [0.15, 0.2) is 0 Å². The SMILES string of the molecule is CC(CNC(=O)CCC1CCNC1)Cc1cccs1. The molecule has 0 radical (unpaired) electrons. The molecule has 0 saturated carbocycles. The summed E-state index contributed by atoms with van der Waals surface area (Å²) < 4.78 is 0. The van der Waals surface area contributed by atoms with Crippen molar-refractivity contribution in [3.8, 4) is 0 Å². The van der Waals surface area contributed by atoms with Gasteiger partial charge in [-0.25, -0.2) is 0 Å². The highest BCUT2D eigenvalue weighted by Crippen LogP contribution is 2.15. The number of rotatable bonds is 7. The number of amides is 1. The maximum absolute atomic E-state index is 11.8. The van der Waals surface area contributed by atoms with Crippen LogP contribution in [0.1, 0.15) is 31.1 Å². The zero-order valence-electron chi connectivity index (χ0n) is 11.7. The molecule has 1 aliphatic rings. The predicted octanol–water partition coefficient (Wildman–Crippen LogP) is 2.43. The van der Waals surface area contributed by atoms with Gasteiger partial charge in [-0.05, 0) is 55.6 Å². The van der Waals surface area contributed by atoms with Crippen LogP contribution in [0, 0.1) is 11.8 Å². The summed E-state index contributed by atoms with van der Waals surface area (Å²) in [7, 11) is 0. The van der Waals surface area contributed by atoms with Crippen molar-refractivity contribution in [1.82, 2.24) is 10.6 Å². The smallest absolute Gasteiger partial charge is 0.220 e. The molecule has 19 heavy (non-hydrogen) atoms. The standard InChI is InChI=1S/C15H24N2OS/c1-12(9-14-3-2-8-19-14)10-17-15(18)5-4-13-6-7-16-11-13/h2-3,8,12-13,16H,4-7,9-11H2,1H3,(H,17,18). The Morgan fingerprint density at radius 3 is 3.21 bits per heavy atom. The minimum Gasteiger partial charge on any atom is -0.356 e. The fourth-order valence-corrected chi connectivity index (χ4v) is 3.39. The molecule has 0 aromatic carbocycles. The lowest BCUT2D eigenvalue weighted by Gasteiger charge is -2.12. The number of thiophene rings is 1. The van der Waals surface area contributed by atoms with E-state index in [1.54, 1.807) is 11.3 Å². The van der Waals surface area contributed by atoms with Crippen molar-refractivity contribution < 1.29 is 4.79 Å². The third-order valence-corrected chi connectivity index (χ3v) is 4.62. The first-order valence-corrected chi connectivity index (χ1v) is 8.12. The predicted molar refractivity (Wildman–Crippen MR) is 80.4 cm³/mol. The third-order valence-electron chi connectivity index (χ3n) is 3.72. The fraction of sp³-hybridized carbons (Fsp3) is 0.667. The summed E-state index contributed by atoms with van der Waals surface area (Å²) in [6, 6.07) is 4.25. The highest BCUT2D eigenvalue weighted by molar-refractivity contribution is 7.09. The molecule has 2 N–H and O–H groups in total. The molecule has 0 spiro atoms. The second-order valence-electron chi connectivity index (χ2n) is 5.59. The van der Waals surface area contributed by atoms with Crippen LogP contribution in [0.5, 0.6) is 0 Å². The van der Waals surface area contributed by atoms with E-state index in [1.165, 1.54) is 11.3 Å². The van der Waals surface area contributed by atoms with Gasteiger partial charge in [0.2, 0.25) is 5.91 Å². The summed E-state index contributed by atoms with van der Waals surface area (Å²) in [6.45, 7) is 5.19. The number of carbonyl (C=O) groups is 1. The van der Waals surface area contributed by atoms with Crippen molar-refractivity contribution >= 4 is 17.2 Å². The van der Waals surface area contributed by atoms with Crippen LogP contribution in [0.15, 0.2) is 17.5 Å². The van der Waals surface area contributed by atoms with E-state index in [1.807, 2.05) is 0 Å². The molecular formula is C15H24N2OS. The zero-order chi connectivity index (χ0) is 13.5. The molecule has 2 atom stereocenters. The second-order valence-corrected chi connectivity index (χ2v) is 6.62. The molecule has 1 aliphatic heterocycles. The monoisotopic (exact) mass is 280 g/mol. The molecule has 106 valence electrons. The Bertz CT molecular complexity index is 372. The summed E-state index contributed by atoms with van der Waals surface area (Å²) in [5.41, 5.74) is 0. The van der Waals surface area contributed by atoms with Crippen LogP contribution in [0.2, 0.25) is 0 Å². The first-order chi connectivity index (χ1) is 9.24. The number of hydrogen-bond acceptors (Lipinski definition) is 3. The molecule has 1 aromatic rings. The first kappa shape index (κ1) is 14.5. The van der Waals surface area contributed by atoms with E-state index in [-0.39, 0.29) is 5.91 Å². The van der Waals surface area contributed by atoms with Gasteiger partial charge in [0.1, 0.15) is 0 Å². The van der Waals surface area contributed by atoms with Crippen LogP contribution >= 0.6 is 11.3 Å². The highest BCUT2D eigenvalue weighted by Gasteiger charge is 2.15. The van der Waals surface area contributed by atoms with Crippen molar-refractivity contribution in [2.45, 2.75) is 32.6 Å². The lowest BCUT2D eigenvalue weighted by molar-refractivity contribution is -0.121. The van der Waals surface area contributed by atoms with Gasteiger partial charge in [-0.2, -0.15) is 0 Å². The van der Waals surface area contributed by atoms with Crippen LogP contribution < -0.4 is 10.6 Å². The van der Waals surface area contributed by atoms with E-state index in [0.29, 0.717) is 18.3 Å². The Morgan fingerprint density at radius 1 is 1.63 bits per heavy atom. The second kappa shape index (κ2) is 7.65. The molecule has 1 saturated heterocycles. The minimum atomic E-state index is 0.213. The maximum Gasteiger partial charge on any atom is 0.220 e. The molecule has 4 heteroatoms. The van der Waals surface area contributed by atoms with Gasteiger partial charge in [-0.15, -0.1) is 11.3 Å². The highest BCUT2D eigenvalue weighted by atomic mass is 32.1. The molecule has 1 aromatic heterocycles. The van der Waals surface area contributed by atoms with Crippen LogP contribution in [-0.2, 0) is 11.2 Å². The van der Waals surface area contributed by atoms with E-state index < -0.39 is 0 Å². The Morgan fingerprint density at radius 2 is 2.53 bits per heavy atom. The first-order valence-electron chi connectivity index (χ1n) is 7.24. The Kier molecular flexibility index (Phi) is 5.86. The number of hydrogen-bond donors (Lipinski definition) is 2. The third kappa shape index (κ3) is 5.33. The maximum atomic E-state index is 11.8. The molecular weight excluding hydrogens is 256 g/mol. The van der Waals surface area contributed by atoms with Crippen LogP contribution in [-0.4, -0.2) is 25.5 Å². The molecule has 2 heterocycles. The van der Waals surface area contributed by atoms with Gasteiger partial charge in [-0.1, -0.05) is 13.0 Å². The van der Waals surface area contributed by atoms with Crippen molar-refractivity contribution in [2.24, 2.45) is 11.8 Å². The van der Waals surface area contributed by atoms with Crippen molar-refractivity contribution in [2.75, 3.05) is 19.6 Å². The van der Waals surface area contributed by atoms with Crippen molar-refractivity contribution in [3.63, 3.8) is 0 Å². The molecule has 1 fully saturated rings. The quantitative estimate of drug-likeness (QED) is 0.805. The van der Waals surface area contributed by atoms with Gasteiger partial charge in [0.25, 0.3) is 0 Å². The van der Waals surface area contributed by atoms with Gasteiger partial charge in [0.05, 0.1) is 0 Å². The normalized spacial score (nSPS) is 20.4. The summed E-state index contributed by atoms with van der Waals surface area (Å²) >= 11 is 1.79.